The summed E-state index contributed by atoms with van der Waals surface area (Å²) in [6.07, 6.45) is -4.66. The molecule has 0 unspecified atom stereocenters. The fraction of sp³-hybridized carbons (Fsp3) is 0.250. The van der Waals surface area contributed by atoms with Crippen LogP contribution in [0.25, 0.3) is 0 Å². The summed E-state index contributed by atoms with van der Waals surface area (Å²) in [6.45, 7) is 1.12. The van der Waals surface area contributed by atoms with Gasteiger partial charge in [0.15, 0.2) is 5.75 Å². The lowest BCUT2D eigenvalue weighted by molar-refractivity contribution is -0.386. The van der Waals surface area contributed by atoms with Crippen molar-refractivity contribution in [2.75, 3.05) is 0 Å². The van der Waals surface area contributed by atoms with Gasteiger partial charge in [0.1, 0.15) is 0 Å². The second kappa shape index (κ2) is 3.41. The Bertz CT molecular complexity index is 414. The molecule has 1 aromatic carbocycles. The summed E-state index contributed by atoms with van der Waals surface area (Å²) in [5, 5.41) is 19.3. The Balaban J connectivity index is 3.43. The van der Waals surface area contributed by atoms with E-state index in [-0.39, 0.29) is 5.56 Å². The molecular weight excluding hydrogens is 215 g/mol. The number of alkyl halides is 3. The molecule has 82 valence electrons. The maximum Gasteiger partial charge on any atom is 0.416 e. The Labute approximate surface area is 82.1 Å². The van der Waals surface area contributed by atoms with E-state index < -0.39 is 28.1 Å². The van der Waals surface area contributed by atoms with Gasteiger partial charge in [0.2, 0.25) is 0 Å². The van der Waals surface area contributed by atoms with Crippen molar-refractivity contribution in [1.29, 1.82) is 0 Å². The first-order valence-electron chi connectivity index (χ1n) is 3.78. The van der Waals surface area contributed by atoms with Gasteiger partial charge in [-0.1, -0.05) is 0 Å². The van der Waals surface area contributed by atoms with Crippen molar-refractivity contribution in [1.82, 2.24) is 0 Å². The van der Waals surface area contributed by atoms with Crippen LogP contribution in [0.3, 0.4) is 0 Å². The summed E-state index contributed by atoms with van der Waals surface area (Å²) < 4.78 is 37.0. The SMILES string of the molecule is Cc1cc(O)c([N+](=O)[O-])cc1C(F)(F)F. The quantitative estimate of drug-likeness (QED) is 0.585. The number of phenols is 1. The van der Waals surface area contributed by atoms with Gasteiger partial charge in [0.05, 0.1) is 10.5 Å². The van der Waals surface area contributed by atoms with Crippen LogP contribution in [0.4, 0.5) is 18.9 Å². The average Bonchev–Trinajstić information content (AvgIpc) is 2.00. The smallest absolute Gasteiger partial charge is 0.416 e. The van der Waals surface area contributed by atoms with E-state index >= 15 is 0 Å². The topological polar surface area (TPSA) is 63.4 Å². The van der Waals surface area contributed by atoms with E-state index in [1.54, 1.807) is 0 Å². The number of nitrogens with zero attached hydrogens (tertiary/aromatic N) is 1. The second-order valence-corrected chi connectivity index (χ2v) is 2.91. The van der Waals surface area contributed by atoms with Crippen LogP contribution in [0.2, 0.25) is 0 Å². The molecule has 0 radical (unpaired) electrons. The number of phenolic OH excluding ortho intramolecular Hbond substituents is 1. The maximum atomic E-state index is 12.3. The summed E-state index contributed by atoms with van der Waals surface area (Å²) in [5.74, 6) is -0.773. The van der Waals surface area contributed by atoms with Gasteiger partial charge >= 0.3 is 11.9 Å². The molecule has 0 fully saturated rings. The monoisotopic (exact) mass is 221 g/mol. The van der Waals surface area contributed by atoms with Gasteiger partial charge in [-0.15, -0.1) is 0 Å². The Hall–Kier alpha value is -1.79. The fourth-order valence-corrected chi connectivity index (χ4v) is 1.13. The van der Waals surface area contributed by atoms with Crippen LogP contribution >= 0.6 is 0 Å². The van der Waals surface area contributed by atoms with Gasteiger partial charge in [0, 0.05) is 6.07 Å². The molecular formula is C8H6F3NO3. The van der Waals surface area contributed by atoms with Crippen molar-refractivity contribution in [2.24, 2.45) is 0 Å². The summed E-state index contributed by atoms with van der Waals surface area (Å²) >= 11 is 0. The molecule has 0 saturated heterocycles. The summed E-state index contributed by atoms with van der Waals surface area (Å²) in [4.78, 5) is 9.22. The molecule has 0 aromatic heterocycles. The number of hydrogen-bond acceptors (Lipinski definition) is 3. The molecule has 0 amide bonds. The van der Waals surface area contributed by atoms with E-state index in [1.165, 1.54) is 0 Å². The molecule has 0 aliphatic heterocycles. The molecule has 1 rings (SSSR count). The Morgan fingerprint density at radius 1 is 1.40 bits per heavy atom. The van der Waals surface area contributed by atoms with Gasteiger partial charge in [0.25, 0.3) is 0 Å². The molecule has 0 heterocycles. The predicted molar refractivity (Wildman–Crippen MR) is 44.5 cm³/mol. The third kappa shape index (κ3) is 2.17. The normalized spacial score (nSPS) is 11.5. The zero-order chi connectivity index (χ0) is 11.8. The number of halogens is 3. The highest BCUT2D eigenvalue weighted by Crippen LogP contribution is 2.37. The van der Waals surface area contributed by atoms with Crippen molar-refractivity contribution in [3.63, 3.8) is 0 Å². The van der Waals surface area contributed by atoms with Crippen LogP contribution in [0, 0.1) is 17.0 Å². The molecule has 15 heavy (non-hydrogen) atoms. The second-order valence-electron chi connectivity index (χ2n) is 2.91. The predicted octanol–water partition coefficient (Wildman–Crippen LogP) is 2.63. The highest BCUT2D eigenvalue weighted by molar-refractivity contribution is 5.51. The number of nitro groups is 1. The van der Waals surface area contributed by atoms with Crippen molar-refractivity contribution in [3.05, 3.63) is 33.4 Å². The number of nitro benzene ring substituents is 1. The van der Waals surface area contributed by atoms with Gasteiger partial charge in [-0.05, 0) is 18.6 Å². The van der Waals surface area contributed by atoms with Crippen molar-refractivity contribution in [2.45, 2.75) is 13.1 Å². The molecule has 0 atom stereocenters. The molecule has 0 bridgehead atoms. The maximum absolute atomic E-state index is 12.3. The molecule has 1 aromatic rings. The number of benzene rings is 1. The third-order valence-electron chi connectivity index (χ3n) is 1.82. The lowest BCUT2D eigenvalue weighted by Gasteiger charge is -2.10. The summed E-state index contributed by atoms with van der Waals surface area (Å²) in [5.41, 5.74) is -2.33. The van der Waals surface area contributed by atoms with Crippen molar-refractivity contribution in [3.8, 4) is 5.75 Å². The van der Waals surface area contributed by atoms with Crippen LogP contribution in [0.5, 0.6) is 5.75 Å². The van der Waals surface area contributed by atoms with E-state index in [1.807, 2.05) is 0 Å². The van der Waals surface area contributed by atoms with Crippen molar-refractivity contribution < 1.29 is 23.2 Å². The van der Waals surface area contributed by atoms with E-state index in [0.717, 1.165) is 13.0 Å². The van der Waals surface area contributed by atoms with Crippen LogP contribution in [-0.4, -0.2) is 10.0 Å². The number of aryl methyl sites for hydroxylation is 1. The van der Waals surface area contributed by atoms with Gasteiger partial charge in [-0.3, -0.25) is 10.1 Å². The lowest BCUT2D eigenvalue weighted by Crippen LogP contribution is -2.08. The van der Waals surface area contributed by atoms with Crippen LogP contribution in [-0.2, 0) is 6.18 Å². The van der Waals surface area contributed by atoms with E-state index in [0.29, 0.717) is 6.07 Å². The number of hydrogen-bond donors (Lipinski definition) is 1. The minimum absolute atomic E-state index is 0.259. The molecule has 1 N–H and O–H groups in total. The molecule has 0 aliphatic rings. The van der Waals surface area contributed by atoms with Gasteiger partial charge in [-0.25, -0.2) is 0 Å². The standard InChI is InChI=1S/C8H6F3NO3/c1-4-2-7(13)6(12(14)15)3-5(4)8(9,10)11/h2-3,13H,1H3. The lowest BCUT2D eigenvalue weighted by atomic mass is 10.1. The molecule has 0 spiro atoms. The van der Waals surface area contributed by atoms with E-state index in [2.05, 4.69) is 0 Å². The summed E-state index contributed by atoms with van der Waals surface area (Å²) in [6, 6.07) is 1.05. The minimum atomic E-state index is -4.66. The zero-order valence-corrected chi connectivity index (χ0v) is 7.50. The molecule has 4 nitrogen and oxygen atoms in total. The van der Waals surface area contributed by atoms with Gasteiger partial charge in [-0.2, -0.15) is 13.2 Å². The van der Waals surface area contributed by atoms with Gasteiger partial charge < -0.3 is 5.11 Å². The first-order chi connectivity index (χ1) is 6.73. The largest absolute Gasteiger partial charge is 0.502 e. The highest BCUT2D eigenvalue weighted by Gasteiger charge is 2.35. The average molecular weight is 221 g/mol. The Morgan fingerprint density at radius 3 is 2.33 bits per heavy atom. The Morgan fingerprint density at radius 2 is 1.93 bits per heavy atom. The first-order valence-corrected chi connectivity index (χ1v) is 3.78. The van der Waals surface area contributed by atoms with E-state index in [4.69, 9.17) is 5.11 Å². The van der Waals surface area contributed by atoms with Crippen LogP contribution in [0.1, 0.15) is 11.1 Å². The summed E-state index contributed by atoms with van der Waals surface area (Å²) in [7, 11) is 0. The molecule has 0 saturated carbocycles. The number of rotatable bonds is 1. The minimum Gasteiger partial charge on any atom is -0.502 e. The van der Waals surface area contributed by atoms with Crippen LogP contribution in [0.15, 0.2) is 12.1 Å². The fourth-order valence-electron chi connectivity index (χ4n) is 1.13. The number of aromatic hydroxyl groups is 1. The molecule has 0 aliphatic carbocycles. The molecule has 7 heteroatoms. The first kappa shape index (κ1) is 11.3. The van der Waals surface area contributed by atoms with Crippen LogP contribution < -0.4 is 0 Å². The third-order valence-corrected chi connectivity index (χ3v) is 1.82. The zero-order valence-electron chi connectivity index (χ0n) is 7.50. The van der Waals surface area contributed by atoms with Crippen molar-refractivity contribution >= 4 is 5.69 Å². The van der Waals surface area contributed by atoms with E-state index in [9.17, 15) is 23.3 Å². The highest BCUT2D eigenvalue weighted by atomic mass is 19.4. The Kier molecular flexibility index (Phi) is 2.57.